The third-order valence-electron chi connectivity index (χ3n) is 11.1. The summed E-state index contributed by atoms with van der Waals surface area (Å²) < 4.78 is 88.7. The molecular formula is C51H36N6O6S3. The lowest BCUT2D eigenvalue weighted by molar-refractivity contribution is 0.573. The highest BCUT2D eigenvalue weighted by molar-refractivity contribution is 7.94. The number of fused-ring (bicyclic) bond motifs is 6. The molecule has 324 valence electrons. The van der Waals surface area contributed by atoms with Crippen molar-refractivity contribution >= 4 is 62.6 Å². The average Bonchev–Trinajstić information content (AvgIpc) is 3.35. The van der Waals surface area contributed by atoms with Gasteiger partial charge in [-0.2, -0.15) is 0 Å². The standard InChI is InChI=1S/C51H36N6O6S3/c58-64(59,37-25-13-4-14-26-37)49-42(33-36-23-11-3-12-24-36)54-45-46(55-49)43-44(53-41(32-35-21-9-2-10-22-35)40(52-43)31-34-19-7-1-8-20-34)47-48(45)57-51(66(62,63)39-29-17-6-18-30-39)50(56-47)65(60,61)38-27-15-5-16-28-38/h1-30H,31-33H2. The number of sulfone groups is 3. The fourth-order valence-electron chi connectivity index (χ4n) is 7.82. The Balaban J connectivity index is 1.39. The van der Waals surface area contributed by atoms with E-state index in [9.17, 15) is 25.3 Å². The van der Waals surface area contributed by atoms with Gasteiger partial charge < -0.3 is 0 Å². The van der Waals surface area contributed by atoms with Gasteiger partial charge in [0.05, 0.1) is 31.8 Å². The fraction of sp³-hybridized carbons (Fsp3) is 0.0588. The monoisotopic (exact) mass is 924 g/mol. The van der Waals surface area contributed by atoms with Crippen LogP contribution in [0.1, 0.15) is 33.8 Å². The number of nitrogens with zero attached hydrogens (tertiary/aromatic N) is 6. The van der Waals surface area contributed by atoms with E-state index < -0.39 is 39.6 Å². The average molecular weight is 925 g/mol. The molecule has 0 amide bonds. The lowest BCUT2D eigenvalue weighted by Crippen LogP contribution is -2.17. The molecule has 0 N–H and O–H groups in total. The Morgan fingerprint density at radius 1 is 0.258 bits per heavy atom. The number of benzene rings is 7. The molecule has 0 aliphatic carbocycles. The van der Waals surface area contributed by atoms with Crippen LogP contribution in [-0.4, -0.2) is 55.2 Å². The quantitative estimate of drug-likeness (QED) is 0.107. The first-order chi connectivity index (χ1) is 32.0. The maximum Gasteiger partial charge on any atom is 0.226 e. The van der Waals surface area contributed by atoms with Crippen LogP contribution in [0.15, 0.2) is 212 Å². The van der Waals surface area contributed by atoms with Gasteiger partial charge in [0.2, 0.25) is 29.5 Å². The van der Waals surface area contributed by atoms with Crippen molar-refractivity contribution in [2.45, 2.75) is 49.0 Å². The molecule has 12 nitrogen and oxygen atoms in total. The Kier molecular flexibility index (Phi) is 11.0. The van der Waals surface area contributed by atoms with E-state index in [1.165, 1.54) is 60.7 Å². The van der Waals surface area contributed by atoms with Gasteiger partial charge in [-0.05, 0) is 53.1 Å². The molecule has 0 radical (unpaired) electrons. The molecule has 0 aliphatic rings. The Morgan fingerprint density at radius 3 is 0.803 bits per heavy atom. The van der Waals surface area contributed by atoms with E-state index in [0.29, 0.717) is 29.8 Å². The van der Waals surface area contributed by atoms with Gasteiger partial charge in [0.15, 0.2) is 15.1 Å². The number of hydrogen-bond donors (Lipinski definition) is 0. The van der Waals surface area contributed by atoms with E-state index >= 15 is 0 Å². The topological polar surface area (TPSA) is 180 Å². The van der Waals surface area contributed by atoms with Gasteiger partial charge in [-0.1, -0.05) is 146 Å². The van der Waals surface area contributed by atoms with E-state index in [2.05, 4.69) is 0 Å². The Bertz CT molecular complexity index is 3800. The third kappa shape index (κ3) is 7.86. The predicted octanol–water partition coefficient (Wildman–Crippen LogP) is 8.79. The fourth-order valence-corrected chi connectivity index (χ4v) is 12.3. The number of hydrogen-bond acceptors (Lipinski definition) is 12. The van der Waals surface area contributed by atoms with E-state index in [1.54, 1.807) is 30.3 Å². The molecule has 0 atom stereocenters. The molecule has 0 aliphatic heterocycles. The summed E-state index contributed by atoms with van der Waals surface area (Å²) in [5.74, 6) is 0. The van der Waals surface area contributed by atoms with Crippen LogP contribution in [0.5, 0.6) is 0 Å². The molecule has 0 bridgehead atoms. The minimum Gasteiger partial charge on any atom is -0.246 e. The molecule has 3 heterocycles. The van der Waals surface area contributed by atoms with Crippen LogP contribution < -0.4 is 0 Å². The summed E-state index contributed by atoms with van der Waals surface area (Å²) in [6, 6.07) is 51.0. The van der Waals surface area contributed by atoms with Crippen molar-refractivity contribution in [1.82, 2.24) is 29.9 Å². The Morgan fingerprint density at radius 2 is 0.485 bits per heavy atom. The van der Waals surface area contributed by atoms with Crippen LogP contribution in [0.4, 0.5) is 0 Å². The molecule has 7 aromatic carbocycles. The van der Waals surface area contributed by atoms with Crippen molar-refractivity contribution in [2.75, 3.05) is 0 Å². The van der Waals surface area contributed by atoms with Crippen molar-refractivity contribution < 1.29 is 25.3 Å². The molecule has 10 aromatic rings. The van der Waals surface area contributed by atoms with Gasteiger partial charge in [0.25, 0.3) is 0 Å². The van der Waals surface area contributed by atoms with Crippen LogP contribution in [0, 0.1) is 0 Å². The molecule has 0 saturated carbocycles. The SMILES string of the molecule is O=S(=O)(c1ccccc1)c1nc2c3nc(Cc4ccccc4)c(Cc4ccccc4)nc3c3nc(S(=O)(=O)c4ccccc4)c(S(=O)(=O)c4ccccc4)nc3c2nc1Cc1ccccc1. The van der Waals surface area contributed by atoms with Crippen LogP contribution in [0.25, 0.3) is 33.1 Å². The second-order valence-corrected chi connectivity index (χ2v) is 21.0. The second kappa shape index (κ2) is 17.1. The molecule has 0 spiro atoms. The summed E-state index contributed by atoms with van der Waals surface area (Å²) in [7, 11) is -13.8. The maximum atomic E-state index is 14.8. The molecule has 3 aromatic heterocycles. The molecular weight excluding hydrogens is 889 g/mol. The Labute approximate surface area is 380 Å². The van der Waals surface area contributed by atoms with E-state index in [-0.39, 0.29) is 64.9 Å². The minimum atomic E-state index is -4.72. The first-order valence-electron chi connectivity index (χ1n) is 20.7. The van der Waals surface area contributed by atoms with E-state index in [4.69, 9.17) is 29.9 Å². The lowest BCUT2D eigenvalue weighted by atomic mass is 10.0. The van der Waals surface area contributed by atoms with Crippen molar-refractivity contribution in [3.63, 3.8) is 0 Å². The zero-order chi connectivity index (χ0) is 45.5. The summed E-state index contributed by atoms with van der Waals surface area (Å²) in [6.45, 7) is 0. The highest BCUT2D eigenvalue weighted by Gasteiger charge is 2.36. The molecule has 15 heteroatoms. The van der Waals surface area contributed by atoms with Crippen molar-refractivity contribution in [1.29, 1.82) is 0 Å². The van der Waals surface area contributed by atoms with Crippen molar-refractivity contribution in [3.05, 3.63) is 216 Å². The molecule has 10 rings (SSSR count). The minimum absolute atomic E-state index is 0.00523. The smallest absolute Gasteiger partial charge is 0.226 e. The zero-order valence-electron chi connectivity index (χ0n) is 34.8. The zero-order valence-corrected chi connectivity index (χ0v) is 37.2. The maximum absolute atomic E-state index is 14.8. The third-order valence-corrected chi connectivity index (χ3v) is 16.3. The molecule has 0 saturated heterocycles. The van der Waals surface area contributed by atoms with Gasteiger partial charge in [0, 0.05) is 19.3 Å². The summed E-state index contributed by atoms with van der Waals surface area (Å²) >= 11 is 0. The van der Waals surface area contributed by atoms with Gasteiger partial charge in [-0.15, -0.1) is 0 Å². The lowest BCUT2D eigenvalue weighted by Gasteiger charge is -2.17. The van der Waals surface area contributed by atoms with Gasteiger partial charge in [-0.25, -0.2) is 55.2 Å². The van der Waals surface area contributed by atoms with Gasteiger partial charge in [-0.3, -0.25) is 0 Å². The predicted molar refractivity (Wildman–Crippen MR) is 249 cm³/mol. The molecule has 0 unspecified atom stereocenters. The van der Waals surface area contributed by atoms with Crippen LogP contribution in [0.3, 0.4) is 0 Å². The van der Waals surface area contributed by atoms with Gasteiger partial charge >= 0.3 is 0 Å². The van der Waals surface area contributed by atoms with Gasteiger partial charge in [0.1, 0.15) is 33.1 Å². The van der Waals surface area contributed by atoms with E-state index in [1.807, 2.05) is 91.0 Å². The number of aromatic nitrogens is 6. The van der Waals surface area contributed by atoms with Crippen molar-refractivity contribution in [3.8, 4) is 0 Å². The van der Waals surface area contributed by atoms with Crippen LogP contribution in [0.2, 0.25) is 0 Å². The summed E-state index contributed by atoms with van der Waals surface area (Å²) in [4.78, 5) is 29.5. The van der Waals surface area contributed by atoms with Crippen molar-refractivity contribution in [2.24, 2.45) is 0 Å². The number of rotatable bonds is 12. The Hall–Kier alpha value is -7.59. The van der Waals surface area contributed by atoms with E-state index in [0.717, 1.165) is 11.1 Å². The van der Waals surface area contributed by atoms with Crippen LogP contribution in [-0.2, 0) is 48.8 Å². The highest BCUT2D eigenvalue weighted by Crippen LogP contribution is 2.38. The summed E-state index contributed by atoms with van der Waals surface area (Å²) in [5, 5.41) is -2.03. The summed E-state index contributed by atoms with van der Waals surface area (Å²) in [5.41, 5.74) is 3.33. The normalized spacial score (nSPS) is 12.2. The first kappa shape index (κ1) is 42.4. The first-order valence-corrected chi connectivity index (χ1v) is 25.2. The molecule has 0 fully saturated rings. The second-order valence-electron chi connectivity index (χ2n) is 15.5. The largest absolute Gasteiger partial charge is 0.246 e. The molecule has 66 heavy (non-hydrogen) atoms. The summed E-state index contributed by atoms with van der Waals surface area (Å²) in [6.07, 6.45) is 0.604. The highest BCUT2D eigenvalue weighted by atomic mass is 32.2. The van der Waals surface area contributed by atoms with Crippen LogP contribution >= 0.6 is 0 Å².